The van der Waals surface area contributed by atoms with Gasteiger partial charge in [-0.25, -0.2) is 0 Å². The molecular weight excluding hydrogens is 532 g/mol. The first-order valence-corrected chi connectivity index (χ1v) is 10.6. The normalized spacial score (nSPS) is 15.7. The summed E-state index contributed by atoms with van der Waals surface area (Å²) in [7, 11) is 0. The van der Waals surface area contributed by atoms with Crippen LogP contribution in [0.1, 0.15) is 76.3 Å². The molecule has 0 spiro atoms. The van der Waals surface area contributed by atoms with Crippen LogP contribution in [0.25, 0.3) is 0 Å². The molecule has 28 heavy (non-hydrogen) atoms. The molecule has 0 atom stereocenters. The quantitative estimate of drug-likeness (QED) is 0.547. The molecule has 8 heteroatoms. The number of rotatable bonds is 2. The molecule has 2 aliphatic carbocycles. The Bertz CT molecular complexity index is 473. The second-order valence-electron chi connectivity index (χ2n) is 5.98. The molecule has 0 aromatic carbocycles. The van der Waals surface area contributed by atoms with Crippen molar-refractivity contribution in [1.29, 1.82) is 0 Å². The Morgan fingerprint density at radius 3 is 1.07 bits per heavy atom. The van der Waals surface area contributed by atoms with Gasteiger partial charge in [-0.15, -0.1) is 0 Å². The summed E-state index contributed by atoms with van der Waals surface area (Å²) >= 11 is 1.64. The molecule has 0 bridgehead atoms. The molecule has 0 amide bonds. The molecule has 2 fully saturated rings. The summed E-state index contributed by atoms with van der Waals surface area (Å²) in [6.45, 7) is 10.0. The van der Waals surface area contributed by atoms with Crippen molar-refractivity contribution in [3.8, 4) is 0 Å². The van der Waals surface area contributed by atoms with Crippen molar-refractivity contribution >= 4 is 33.9 Å². The predicted octanol–water partition coefficient (Wildman–Crippen LogP) is 3.45. The van der Waals surface area contributed by atoms with Crippen LogP contribution in [0.3, 0.4) is 0 Å². The third-order valence-corrected chi connectivity index (χ3v) is 6.28. The van der Waals surface area contributed by atoms with Crippen molar-refractivity contribution in [2.45, 2.75) is 76.3 Å². The molecule has 7 nitrogen and oxygen atoms in total. The maximum atomic E-state index is 8.00. The van der Waals surface area contributed by atoms with Crippen LogP contribution in [0.5, 0.6) is 0 Å². The van der Waals surface area contributed by atoms with E-state index >= 15 is 0 Å². The van der Waals surface area contributed by atoms with Gasteiger partial charge in [0.1, 0.15) is 33.9 Å². The van der Waals surface area contributed by atoms with Gasteiger partial charge in [0.05, 0.1) is 0 Å². The van der Waals surface area contributed by atoms with Crippen LogP contribution >= 0.6 is 0 Å². The number of carbonyl (C=O) groups is 5. The maximum absolute atomic E-state index is 8.00. The number of nitrogens with zero attached hydrogens (tertiary/aromatic N) is 2. The van der Waals surface area contributed by atoms with E-state index in [1.54, 1.807) is 23.2 Å². The first kappa shape index (κ1) is 31.0. The Kier molecular flexibility index (Phi) is 25.7. The van der Waals surface area contributed by atoms with Gasteiger partial charge in [0.2, 0.25) is 0 Å². The minimum absolute atomic E-state index is 0.802. The third-order valence-electron chi connectivity index (χ3n) is 4.77. The summed E-state index contributed by atoms with van der Waals surface area (Å²) < 4.78 is 6.78. The molecule has 0 radical (unpaired) electrons. The van der Waals surface area contributed by atoms with Crippen LogP contribution in [-0.4, -0.2) is 43.1 Å². The molecule has 160 valence electrons. The summed E-state index contributed by atoms with van der Waals surface area (Å²) in [6, 6.07) is 1.60. The second-order valence-corrected chi connectivity index (χ2v) is 7.29. The summed E-state index contributed by atoms with van der Waals surface area (Å²) in [5, 5.41) is 0. The molecule has 2 saturated carbocycles. The van der Waals surface area contributed by atoms with E-state index in [0.717, 1.165) is 12.1 Å². The fourth-order valence-electron chi connectivity index (χ4n) is 3.68. The van der Waals surface area contributed by atoms with E-state index in [-0.39, 0.29) is 0 Å². The molecule has 0 unspecified atom stereocenters. The SMILES string of the molecule is C=O.C=O.C=O.C=O.C=O.[W]=[c]1n(C2CCCCC2)ccn1C1CCCCC1. The zero-order chi connectivity index (χ0) is 22.4. The first-order chi connectivity index (χ1) is 13.9. The number of aromatic nitrogens is 2. The summed E-state index contributed by atoms with van der Waals surface area (Å²) in [6.07, 6.45) is 19.0. The van der Waals surface area contributed by atoms with E-state index in [1.807, 2.05) is 33.9 Å². The molecule has 1 aromatic heterocycles. The van der Waals surface area contributed by atoms with Gasteiger partial charge in [0.25, 0.3) is 0 Å². The Morgan fingerprint density at radius 2 is 0.821 bits per heavy atom. The zero-order valence-electron chi connectivity index (χ0n) is 16.8. The van der Waals surface area contributed by atoms with Gasteiger partial charge >= 0.3 is 121 Å². The molecule has 0 saturated heterocycles. The van der Waals surface area contributed by atoms with Gasteiger partial charge in [0.15, 0.2) is 0 Å². The predicted molar refractivity (Wildman–Crippen MR) is 106 cm³/mol. The Balaban J connectivity index is -0.000000548. The second kappa shape index (κ2) is 23.3. The number of hydrogen-bond donors (Lipinski definition) is 0. The summed E-state index contributed by atoms with van der Waals surface area (Å²) in [5.41, 5.74) is 0. The Hall–Kier alpha value is -1.75. The van der Waals surface area contributed by atoms with Crippen LogP contribution in [0, 0.1) is 3.80 Å². The van der Waals surface area contributed by atoms with Crippen molar-refractivity contribution in [2.24, 2.45) is 0 Å². The summed E-state index contributed by atoms with van der Waals surface area (Å²) in [4.78, 5) is 40.0. The van der Waals surface area contributed by atoms with E-state index in [9.17, 15) is 0 Å². The Morgan fingerprint density at radius 1 is 0.571 bits per heavy atom. The van der Waals surface area contributed by atoms with Crippen molar-refractivity contribution < 1.29 is 43.3 Å². The van der Waals surface area contributed by atoms with E-state index in [0.29, 0.717) is 0 Å². The standard InChI is InChI=1S/C15H24N2.5CH2O.W/c1-3-7-14(8-4-1)16-11-12-17(13-16)15-9-5-2-6-10-15;5*1-2;/h11-12,14-15H,1-10H2;5*1H2;. The fraction of sp³-hybridized carbons (Fsp3) is 0.600. The van der Waals surface area contributed by atoms with Crippen LogP contribution in [0.4, 0.5) is 0 Å². The van der Waals surface area contributed by atoms with E-state index < -0.39 is 0 Å². The van der Waals surface area contributed by atoms with E-state index in [1.165, 1.54) is 64.2 Å². The Labute approximate surface area is 178 Å². The van der Waals surface area contributed by atoms with Crippen molar-refractivity contribution in [3.63, 3.8) is 0 Å². The third kappa shape index (κ3) is 10.5. The van der Waals surface area contributed by atoms with Gasteiger partial charge < -0.3 is 24.0 Å². The molecule has 0 aliphatic heterocycles. The van der Waals surface area contributed by atoms with Crippen molar-refractivity contribution in [1.82, 2.24) is 9.13 Å². The van der Waals surface area contributed by atoms with Crippen LogP contribution in [0.15, 0.2) is 12.4 Å². The molecular formula is C20H34N2O5W. The van der Waals surface area contributed by atoms with E-state index in [2.05, 4.69) is 21.5 Å². The number of carbonyl (C=O) groups excluding carboxylic acids is 5. The average Bonchev–Trinajstić information content (AvgIpc) is 3.23. The summed E-state index contributed by atoms with van der Waals surface area (Å²) in [5.74, 6) is 0. The van der Waals surface area contributed by atoms with Crippen LogP contribution < -0.4 is 0 Å². The van der Waals surface area contributed by atoms with Crippen molar-refractivity contribution in [2.75, 3.05) is 0 Å². The monoisotopic (exact) mass is 566 g/mol. The molecule has 3 rings (SSSR count). The minimum atomic E-state index is 0.802. The molecule has 2 aliphatic rings. The van der Waals surface area contributed by atoms with Crippen LogP contribution in [-0.2, 0) is 43.3 Å². The molecule has 1 aromatic rings. The number of imidazole rings is 1. The first-order valence-electron chi connectivity index (χ1n) is 9.09. The zero-order valence-corrected chi connectivity index (χ0v) is 19.7. The molecule has 0 N–H and O–H groups in total. The van der Waals surface area contributed by atoms with Gasteiger partial charge in [-0.05, 0) is 0 Å². The van der Waals surface area contributed by atoms with Crippen LogP contribution in [0.2, 0.25) is 0 Å². The van der Waals surface area contributed by atoms with Gasteiger partial charge in [-0.1, -0.05) is 0 Å². The van der Waals surface area contributed by atoms with Gasteiger partial charge in [-0.2, -0.15) is 0 Å². The molecule has 1 heterocycles. The van der Waals surface area contributed by atoms with Gasteiger partial charge in [0, 0.05) is 0 Å². The fourth-order valence-corrected chi connectivity index (χ4v) is 5.19. The van der Waals surface area contributed by atoms with Gasteiger partial charge in [-0.3, -0.25) is 0 Å². The van der Waals surface area contributed by atoms with Crippen molar-refractivity contribution in [3.05, 3.63) is 16.2 Å². The topological polar surface area (TPSA) is 95.2 Å². The number of hydrogen-bond acceptors (Lipinski definition) is 5. The average molecular weight is 566 g/mol. The van der Waals surface area contributed by atoms with E-state index in [4.69, 9.17) is 24.0 Å².